The summed E-state index contributed by atoms with van der Waals surface area (Å²) in [6.07, 6.45) is 1.27. The van der Waals surface area contributed by atoms with Gasteiger partial charge in [-0.3, -0.25) is 14.1 Å². The molecule has 0 bridgehead atoms. The first-order valence-electron chi connectivity index (χ1n) is 11.2. The average Bonchev–Trinajstić information content (AvgIpc) is 3.41. The van der Waals surface area contributed by atoms with E-state index in [0.29, 0.717) is 22.3 Å². The van der Waals surface area contributed by atoms with E-state index >= 15 is 0 Å². The van der Waals surface area contributed by atoms with E-state index in [2.05, 4.69) is 14.4 Å². The summed E-state index contributed by atoms with van der Waals surface area (Å²) < 4.78 is 45.3. The van der Waals surface area contributed by atoms with Crippen LogP contribution in [0.1, 0.15) is 5.56 Å². The molecule has 5 aromatic rings. The molecule has 0 saturated carbocycles. The molecule has 37 heavy (non-hydrogen) atoms. The molecule has 9 nitrogen and oxygen atoms in total. The molecular weight excluding hydrogens is 494 g/mol. The third kappa shape index (κ3) is 4.54. The number of pyridine rings is 1. The number of hydrogen-bond acceptors (Lipinski definition) is 7. The molecule has 188 valence electrons. The zero-order valence-corrected chi connectivity index (χ0v) is 21.1. The van der Waals surface area contributed by atoms with E-state index in [-0.39, 0.29) is 16.3 Å². The van der Waals surface area contributed by atoms with Gasteiger partial charge in [-0.25, -0.2) is 8.42 Å². The number of anilines is 1. The van der Waals surface area contributed by atoms with Gasteiger partial charge in [0.2, 0.25) is 0 Å². The van der Waals surface area contributed by atoms with Crippen molar-refractivity contribution in [3.05, 3.63) is 95.0 Å². The lowest BCUT2D eigenvalue weighted by Gasteiger charge is -2.16. The van der Waals surface area contributed by atoms with Crippen LogP contribution in [0, 0.1) is 6.92 Å². The Morgan fingerprint density at radius 2 is 1.59 bits per heavy atom. The first-order chi connectivity index (χ1) is 17.8. The lowest BCUT2D eigenvalue weighted by atomic mass is 10.0. The van der Waals surface area contributed by atoms with Crippen molar-refractivity contribution >= 4 is 26.7 Å². The standard InChI is InChI=1S/C27H23N3O6S/c1-17-4-5-18(15-24(17)34-2)19-6-9-23(25(16-19)35-3)30-22-10-8-21(14-20(22)7-11-27(30)31)37(32,33)29-26-12-13-36-28-26/h4-16H,1-3H3,(H,28,29). The van der Waals surface area contributed by atoms with Gasteiger partial charge in [0.1, 0.15) is 17.8 Å². The molecule has 10 heteroatoms. The molecule has 0 aliphatic carbocycles. The van der Waals surface area contributed by atoms with Gasteiger partial charge in [-0.2, -0.15) is 0 Å². The number of nitrogens with one attached hydrogen (secondary N) is 1. The summed E-state index contributed by atoms with van der Waals surface area (Å²) >= 11 is 0. The molecule has 0 amide bonds. The van der Waals surface area contributed by atoms with Gasteiger partial charge in [0.25, 0.3) is 15.6 Å². The number of rotatable bonds is 7. The Morgan fingerprint density at radius 3 is 2.30 bits per heavy atom. The number of nitrogens with zero attached hydrogens (tertiary/aromatic N) is 2. The summed E-state index contributed by atoms with van der Waals surface area (Å²) in [6.45, 7) is 1.97. The van der Waals surface area contributed by atoms with Crippen LogP contribution in [0.2, 0.25) is 0 Å². The van der Waals surface area contributed by atoms with Crippen LogP contribution in [-0.2, 0) is 10.0 Å². The van der Waals surface area contributed by atoms with Crippen molar-refractivity contribution in [3.63, 3.8) is 0 Å². The highest BCUT2D eigenvalue weighted by Gasteiger charge is 2.18. The van der Waals surface area contributed by atoms with Gasteiger partial charge < -0.3 is 14.0 Å². The van der Waals surface area contributed by atoms with E-state index in [1.165, 1.54) is 42.2 Å². The molecule has 1 N–H and O–H groups in total. The van der Waals surface area contributed by atoms with Crippen LogP contribution >= 0.6 is 0 Å². The maximum absolute atomic E-state index is 13.0. The van der Waals surface area contributed by atoms with Crippen LogP contribution in [0.25, 0.3) is 27.7 Å². The predicted octanol–water partition coefficient (Wildman–Crippen LogP) is 4.77. The van der Waals surface area contributed by atoms with Gasteiger partial charge in [-0.1, -0.05) is 23.4 Å². The van der Waals surface area contributed by atoms with Crippen molar-refractivity contribution in [2.75, 3.05) is 18.9 Å². The maximum Gasteiger partial charge on any atom is 0.263 e. The van der Waals surface area contributed by atoms with Crippen LogP contribution in [0.15, 0.2) is 93.3 Å². The molecule has 0 fully saturated rings. The van der Waals surface area contributed by atoms with E-state index in [0.717, 1.165) is 22.4 Å². The molecule has 0 saturated heterocycles. The lowest BCUT2D eigenvalue weighted by molar-refractivity contribution is 0.411. The number of hydrogen-bond donors (Lipinski definition) is 1. The minimum Gasteiger partial charge on any atom is -0.496 e. The predicted molar refractivity (Wildman–Crippen MR) is 140 cm³/mol. The van der Waals surface area contributed by atoms with Crippen molar-refractivity contribution < 1.29 is 22.4 Å². The number of methoxy groups -OCH3 is 2. The Morgan fingerprint density at radius 1 is 0.865 bits per heavy atom. The fourth-order valence-corrected chi connectivity index (χ4v) is 5.17. The Hall–Kier alpha value is -4.57. The van der Waals surface area contributed by atoms with Crippen molar-refractivity contribution in [3.8, 4) is 28.3 Å². The molecule has 5 rings (SSSR count). The van der Waals surface area contributed by atoms with Crippen LogP contribution < -0.4 is 19.8 Å². The van der Waals surface area contributed by atoms with E-state index < -0.39 is 10.0 Å². The summed E-state index contributed by atoms with van der Waals surface area (Å²) in [5.74, 6) is 1.33. The van der Waals surface area contributed by atoms with Gasteiger partial charge in [0.05, 0.1) is 30.3 Å². The average molecular weight is 518 g/mol. The number of aryl methyl sites for hydroxylation is 1. The monoisotopic (exact) mass is 517 g/mol. The van der Waals surface area contributed by atoms with Gasteiger partial charge in [-0.15, -0.1) is 0 Å². The second-order valence-electron chi connectivity index (χ2n) is 8.29. The Kier molecular flexibility index (Phi) is 6.18. The smallest absolute Gasteiger partial charge is 0.263 e. The zero-order chi connectivity index (χ0) is 26.2. The minimum atomic E-state index is -3.92. The number of ether oxygens (including phenoxy) is 2. The van der Waals surface area contributed by atoms with E-state index in [1.807, 2.05) is 37.3 Å². The zero-order valence-electron chi connectivity index (χ0n) is 20.3. The van der Waals surface area contributed by atoms with Crippen LogP contribution in [0.5, 0.6) is 11.5 Å². The molecule has 3 aromatic carbocycles. The van der Waals surface area contributed by atoms with Gasteiger partial charge in [-0.05, 0) is 66.1 Å². The summed E-state index contributed by atoms with van der Waals surface area (Å²) in [5.41, 5.74) is 3.61. The molecular formula is C27H23N3O6S. The lowest BCUT2D eigenvalue weighted by Crippen LogP contribution is -2.18. The first kappa shape index (κ1) is 24.1. The summed E-state index contributed by atoms with van der Waals surface area (Å²) in [6, 6.07) is 20.4. The molecule has 0 aliphatic heterocycles. The van der Waals surface area contributed by atoms with Crippen molar-refractivity contribution in [1.82, 2.24) is 9.72 Å². The summed E-state index contributed by atoms with van der Waals surface area (Å²) in [7, 11) is -0.750. The van der Waals surface area contributed by atoms with Crippen LogP contribution in [-0.4, -0.2) is 32.4 Å². The largest absolute Gasteiger partial charge is 0.496 e. The number of fused-ring (bicyclic) bond motifs is 1. The Balaban J connectivity index is 1.60. The molecule has 0 radical (unpaired) electrons. The van der Waals surface area contributed by atoms with Gasteiger partial charge in [0, 0.05) is 17.5 Å². The molecule has 2 heterocycles. The SMILES string of the molecule is COc1cc(-c2ccc(-n3c(=O)ccc4cc(S(=O)(=O)Nc5ccon5)ccc43)c(OC)c2)ccc1C. The summed E-state index contributed by atoms with van der Waals surface area (Å²) in [4.78, 5) is 13.0. The van der Waals surface area contributed by atoms with Crippen molar-refractivity contribution in [2.24, 2.45) is 0 Å². The van der Waals surface area contributed by atoms with Crippen LogP contribution in [0.4, 0.5) is 5.82 Å². The fourth-order valence-electron chi connectivity index (χ4n) is 4.14. The molecule has 0 spiro atoms. The van der Waals surface area contributed by atoms with Crippen molar-refractivity contribution in [2.45, 2.75) is 11.8 Å². The molecule has 0 atom stereocenters. The third-order valence-electron chi connectivity index (χ3n) is 6.01. The Labute approximate surface area is 212 Å². The summed E-state index contributed by atoms with van der Waals surface area (Å²) in [5, 5.41) is 4.14. The highest BCUT2D eigenvalue weighted by atomic mass is 32.2. The highest BCUT2D eigenvalue weighted by Crippen LogP contribution is 2.33. The van der Waals surface area contributed by atoms with Crippen molar-refractivity contribution in [1.29, 1.82) is 0 Å². The number of aromatic nitrogens is 2. The second kappa shape index (κ2) is 9.47. The number of sulfonamides is 1. The topological polar surface area (TPSA) is 113 Å². The Bertz CT molecular complexity index is 1780. The highest BCUT2D eigenvalue weighted by molar-refractivity contribution is 7.92. The number of benzene rings is 3. The quantitative estimate of drug-likeness (QED) is 0.331. The third-order valence-corrected chi connectivity index (χ3v) is 7.37. The van der Waals surface area contributed by atoms with E-state index in [9.17, 15) is 13.2 Å². The van der Waals surface area contributed by atoms with Gasteiger partial charge >= 0.3 is 0 Å². The van der Waals surface area contributed by atoms with Gasteiger partial charge in [0.15, 0.2) is 5.82 Å². The molecule has 0 unspecified atom stereocenters. The normalized spacial score (nSPS) is 11.4. The van der Waals surface area contributed by atoms with E-state index in [1.54, 1.807) is 25.3 Å². The maximum atomic E-state index is 13.0. The minimum absolute atomic E-state index is 0.0174. The second-order valence-corrected chi connectivity index (χ2v) is 9.97. The van der Waals surface area contributed by atoms with E-state index in [4.69, 9.17) is 9.47 Å². The molecule has 2 aromatic heterocycles. The van der Waals surface area contributed by atoms with Crippen LogP contribution in [0.3, 0.4) is 0 Å². The molecule has 0 aliphatic rings. The fraction of sp³-hybridized carbons (Fsp3) is 0.111. The first-order valence-corrected chi connectivity index (χ1v) is 12.7.